The number of carbonyl (C=O) groups is 1. The van der Waals surface area contributed by atoms with Gasteiger partial charge in [-0.25, -0.2) is 13.2 Å². The van der Waals surface area contributed by atoms with Crippen molar-refractivity contribution in [2.24, 2.45) is 0 Å². The number of carboxylic acids is 1. The van der Waals surface area contributed by atoms with E-state index < -0.39 is 16.0 Å². The van der Waals surface area contributed by atoms with Crippen molar-refractivity contribution in [3.8, 4) is 11.5 Å². The molecule has 0 atom stereocenters. The van der Waals surface area contributed by atoms with Crippen LogP contribution in [-0.2, 0) is 10.0 Å². The van der Waals surface area contributed by atoms with Crippen molar-refractivity contribution in [1.82, 2.24) is 0 Å². The van der Waals surface area contributed by atoms with Gasteiger partial charge in [-0.15, -0.1) is 0 Å². The summed E-state index contributed by atoms with van der Waals surface area (Å²) < 4.78 is 38.4. The highest BCUT2D eigenvalue weighted by atomic mass is 79.9. The second-order valence-electron chi connectivity index (χ2n) is 5.09. The van der Waals surface area contributed by atoms with Gasteiger partial charge in [-0.3, -0.25) is 4.72 Å². The van der Waals surface area contributed by atoms with Crippen LogP contribution in [0.15, 0.2) is 39.7 Å². The van der Waals surface area contributed by atoms with Gasteiger partial charge in [-0.1, -0.05) is 0 Å². The van der Waals surface area contributed by atoms with Crippen molar-refractivity contribution in [3.05, 3.63) is 45.9 Å². The molecule has 7 nitrogen and oxygen atoms in total. The SMILES string of the molecule is COc1ccc(NS(=O)(=O)c2cc(C(=O)O)cc(C)c2Br)cc1OC. The van der Waals surface area contributed by atoms with Gasteiger partial charge in [-0.05, 0) is 52.7 Å². The van der Waals surface area contributed by atoms with E-state index in [1.807, 2.05) is 0 Å². The summed E-state index contributed by atoms with van der Waals surface area (Å²) in [5, 5.41) is 9.15. The average molecular weight is 430 g/mol. The van der Waals surface area contributed by atoms with E-state index in [1.165, 1.54) is 32.4 Å². The number of carboxylic acid groups (broad SMARTS) is 1. The van der Waals surface area contributed by atoms with Crippen LogP contribution in [0.3, 0.4) is 0 Å². The van der Waals surface area contributed by atoms with Crippen LogP contribution in [0.25, 0.3) is 0 Å². The summed E-state index contributed by atoms with van der Waals surface area (Å²) in [6.07, 6.45) is 0. The Balaban J connectivity index is 2.48. The summed E-state index contributed by atoms with van der Waals surface area (Å²) in [4.78, 5) is 11.0. The molecule has 0 saturated heterocycles. The second kappa shape index (κ2) is 7.32. The topological polar surface area (TPSA) is 102 Å². The normalized spacial score (nSPS) is 11.0. The first-order valence-corrected chi connectivity index (χ1v) is 9.25. The van der Waals surface area contributed by atoms with Crippen LogP contribution in [-0.4, -0.2) is 33.7 Å². The Morgan fingerprint density at radius 1 is 1.12 bits per heavy atom. The molecule has 0 bridgehead atoms. The first kappa shape index (κ1) is 19.1. The molecule has 134 valence electrons. The number of methoxy groups -OCH3 is 2. The van der Waals surface area contributed by atoms with Crippen LogP contribution in [0.2, 0.25) is 0 Å². The third kappa shape index (κ3) is 4.05. The summed E-state index contributed by atoms with van der Waals surface area (Å²) in [5.41, 5.74) is 0.629. The quantitative estimate of drug-likeness (QED) is 0.730. The zero-order valence-electron chi connectivity index (χ0n) is 13.7. The lowest BCUT2D eigenvalue weighted by Gasteiger charge is -2.14. The number of halogens is 1. The van der Waals surface area contributed by atoms with Gasteiger partial charge in [0, 0.05) is 10.5 Å². The van der Waals surface area contributed by atoms with Gasteiger partial charge in [0.25, 0.3) is 10.0 Å². The first-order valence-electron chi connectivity index (χ1n) is 6.98. The Hall–Kier alpha value is -2.26. The minimum atomic E-state index is -4.02. The molecule has 0 heterocycles. The van der Waals surface area contributed by atoms with Gasteiger partial charge in [0.15, 0.2) is 11.5 Å². The highest BCUT2D eigenvalue weighted by Gasteiger charge is 2.22. The number of hydrogen-bond acceptors (Lipinski definition) is 5. The largest absolute Gasteiger partial charge is 0.493 e. The number of aromatic carboxylic acids is 1. The molecule has 2 aromatic carbocycles. The fraction of sp³-hybridized carbons (Fsp3) is 0.188. The molecule has 0 aliphatic rings. The van der Waals surface area contributed by atoms with Gasteiger partial charge in [0.2, 0.25) is 0 Å². The molecule has 2 N–H and O–H groups in total. The Bertz CT molecular complexity index is 926. The second-order valence-corrected chi connectivity index (χ2v) is 7.53. The Labute approximate surface area is 153 Å². The highest BCUT2D eigenvalue weighted by Crippen LogP contribution is 2.32. The van der Waals surface area contributed by atoms with Gasteiger partial charge >= 0.3 is 5.97 Å². The van der Waals surface area contributed by atoms with Crippen LogP contribution in [0.5, 0.6) is 11.5 Å². The first-order chi connectivity index (χ1) is 11.7. The van der Waals surface area contributed by atoms with E-state index in [2.05, 4.69) is 20.7 Å². The highest BCUT2D eigenvalue weighted by molar-refractivity contribution is 9.10. The van der Waals surface area contributed by atoms with Crippen molar-refractivity contribution in [1.29, 1.82) is 0 Å². The number of aryl methyl sites for hydroxylation is 1. The van der Waals surface area contributed by atoms with Crippen molar-refractivity contribution in [3.63, 3.8) is 0 Å². The van der Waals surface area contributed by atoms with E-state index in [0.717, 1.165) is 6.07 Å². The molecule has 0 fully saturated rings. The van der Waals surface area contributed by atoms with Crippen LogP contribution in [0.1, 0.15) is 15.9 Å². The average Bonchev–Trinajstić information content (AvgIpc) is 2.56. The van der Waals surface area contributed by atoms with Crippen molar-refractivity contribution >= 4 is 37.6 Å². The number of nitrogens with one attached hydrogen (secondary N) is 1. The fourth-order valence-corrected chi connectivity index (χ4v) is 4.26. The molecule has 0 aliphatic heterocycles. The van der Waals surface area contributed by atoms with Crippen LogP contribution in [0.4, 0.5) is 5.69 Å². The Kier molecular flexibility index (Phi) is 5.58. The molecule has 0 aliphatic carbocycles. The molecule has 0 radical (unpaired) electrons. The number of hydrogen-bond donors (Lipinski definition) is 2. The van der Waals surface area contributed by atoms with Crippen molar-refractivity contribution in [2.45, 2.75) is 11.8 Å². The van der Waals surface area contributed by atoms with Crippen LogP contribution in [0, 0.1) is 6.92 Å². The third-order valence-electron chi connectivity index (χ3n) is 3.39. The molecular formula is C16H16BrNO6S. The van der Waals surface area contributed by atoms with Gasteiger partial charge in [0.05, 0.1) is 25.5 Å². The van der Waals surface area contributed by atoms with E-state index in [-0.39, 0.29) is 16.1 Å². The minimum Gasteiger partial charge on any atom is -0.493 e. The third-order valence-corrected chi connectivity index (χ3v) is 6.11. The molecule has 25 heavy (non-hydrogen) atoms. The minimum absolute atomic E-state index is 0.117. The molecule has 0 spiro atoms. The molecule has 0 unspecified atom stereocenters. The molecule has 2 aromatic rings. The maximum Gasteiger partial charge on any atom is 0.335 e. The Morgan fingerprint density at radius 3 is 2.32 bits per heavy atom. The summed E-state index contributed by atoms with van der Waals surface area (Å²) in [5.74, 6) is -0.397. The standard InChI is InChI=1S/C16H16BrNO6S/c1-9-6-10(16(19)20)7-14(15(9)17)25(21,22)18-11-4-5-12(23-2)13(8-11)24-3/h4-8,18H,1-3H3,(H,19,20). The predicted octanol–water partition coefficient (Wildman–Crippen LogP) is 3.27. The zero-order valence-corrected chi connectivity index (χ0v) is 16.1. The lowest BCUT2D eigenvalue weighted by Crippen LogP contribution is -2.15. The molecule has 9 heteroatoms. The molecule has 0 amide bonds. The summed E-state index contributed by atoms with van der Waals surface area (Å²) >= 11 is 3.21. The van der Waals surface area contributed by atoms with E-state index in [9.17, 15) is 13.2 Å². The zero-order chi connectivity index (χ0) is 18.8. The number of benzene rings is 2. The maximum atomic E-state index is 12.7. The predicted molar refractivity (Wildman–Crippen MR) is 96.2 cm³/mol. The van der Waals surface area contributed by atoms with Gasteiger partial charge < -0.3 is 14.6 Å². The summed E-state index contributed by atoms with van der Waals surface area (Å²) in [6.45, 7) is 1.62. The molecule has 0 saturated carbocycles. The number of ether oxygens (including phenoxy) is 2. The lowest BCUT2D eigenvalue weighted by molar-refractivity contribution is 0.0696. The van der Waals surface area contributed by atoms with Crippen LogP contribution < -0.4 is 14.2 Å². The van der Waals surface area contributed by atoms with Gasteiger partial charge in [-0.2, -0.15) is 0 Å². The van der Waals surface area contributed by atoms with Crippen molar-refractivity contribution in [2.75, 3.05) is 18.9 Å². The van der Waals surface area contributed by atoms with E-state index >= 15 is 0 Å². The van der Waals surface area contributed by atoms with Crippen molar-refractivity contribution < 1.29 is 27.8 Å². The molecule has 0 aromatic heterocycles. The van der Waals surface area contributed by atoms with Crippen LogP contribution >= 0.6 is 15.9 Å². The number of anilines is 1. The smallest absolute Gasteiger partial charge is 0.335 e. The molecular weight excluding hydrogens is 414 g/mol. The summed E-state index contributed by atoms with van der Waals surface area (Å²) in [6, 6.07) is 7.04. The summed E-state index contributed by atoms with van der Waals surface area (Å²) in [7, 11) is -1.12. The Morgan fingerprint density at radius 2 is 1.76 bits per heavy atom. The molecule has 2 rings (SSSR count). The van der Waals surface area contributed by atoms with E-state index in [4.69, 9.17) is 14.6 Å². The van der Waals surface area contributed by atoms with Gasteiger partial charge in [0.1, 0.15) is 4.90 Å². The monoisotopic (exact) mass is 429 g/mol. The maximum absolute atomic E-state index is 12.7. The lowest BCUT2D eigenvalue weighted by atomic mass is 10.1. The van der Waals surface area contributed by atoms with E-state index in [0.29, 0.717) is 21.5 Å². The number of rotatable bonds is 6. The van der Waals surface area contributed by atoms with E-state index in [1.54, 1.807) is 13.0 Å². The number of sulfonamides is 1. The fourth-order valence-electron chi connectivity index (χ4n) is 2.17.